The van der Waals surface area contributed by atoms with Crippen LogP contribution in [0, 0.1) is 11.6 Å². The summed E-state index contributed by atoms with van der Waals surface area (Å²) in [6, 6.07) is 9.61. The number of para-hydroxylation sites is 1. The number of rotatable bonds is 7. The fourth-order valence-electron chi connectivity index (χ4n) is 2.59. The van der Waals surface area contributed by atoms with Crippen LogP contribution in [-0.2, 0) is 11.3 Å². The maximum atomic E-state index is 13.7. The molecule has 0 unspecified atom stereocenters. The number of hydrogen-bond donors (Lipinski definition) is 2. The molecule has 1 heterocycles. The summed E-state index contributed by atoms with van der Waals surface area (Å²) >= 11 is 1.01. The molecule has 3 aromatic rings. The van der Waals surface area contributed by atoms with Crippen molar-refractivity contribution < 1.29 is 18.7 Å². The van der Waals surface area contributed by atoms with Crippen molar-refractivity contribution in [1.82, 2.24) is 9.55 Å². The zero-order chi connectivity index (χ0) is 20.1. The van der Waals surface area contributed by atoms with Gasteiger partial charge in [-0.25, -0.2) is 13.8 Å². The minimum Gasteiger partial charge on any atom is -0.396 e. The minimum absolute atomic E-state index is 0.0945. The van der Waals surface area contributed by atoms with Crippen LogP contribution in [0.5, 0.6) is 0 Å². The second-order valence-electron chi connectivity index (χ2n) is 5.91. The molecule has 0 aliphatic heterocycles. The molecule has 1 aromatic heterocycles. The Kier molecular flexibility index (Phi) is 6.37. The summed E-state index contributed by atoms with van der Waals surface area (Å²) in [6.45, 7) is 0.151. The quantitative estimate of drug-likeness (QED) is 0.467. The molecule has 28 heavy (non-hydrogen) atoms. The van der Waals surface area contributed by atoms with Gasteiger partial charge >= 0.3 is 0 Å². The molecule has 3 rings (SSSR count). The molecule has 0 aliphatic rings. The first kappa shape index (κ1) is 20.0. The number of aliphatic hydroxyl groups excluding tert-OH is 1. The lowest BCUT2D eigenvalue weighted by molar-refractivity contribution is -0.113. The molecule has 0 aliphatic carbocycles. The van der Waals surface area contributed by atoms with Crippen molar-refractivity contribution in [3.63, 3.8) is 0 Å². The van der Waals surface area contributed by atoms with Gasteiger partial charge in [0, 0.05) is 19.2 Å². The standard InChI is InChI=1S/C19H17F2N3O3S/c20-12-6-7-14(21)16(10-12)22-17(26)11-28-19-23-15-5-2-1-4-13(15)18(27)24(19)8-3-9-25/h1-2,4-7,10,25H,3,8-9,11H2,(H,22,26). The first-order valence-corrected chi connectivity index (χ1v) is 9.46. The fourth-order valence-corrected chi connectivity index (χ4v) is 3.42. The maximum Gasteiger partial charge on any atom is 0.262 e. The van der Waals surface area contributed by atoms with Crippen molar-refractivity contribution in [2.24, 2.45) is 0 Å². The Morgan fingerprint density at radius 3 is 2.79 bits per heavy atom. The average Bonchev–Trinajstić information content (AvgIpc) is 2.69. The molecule has 0 fully saturated rings. The molecule has 146 valence electrons. The number of benzene rings is 2. The van der Waals surface area contributed by atoms with Crippen molar-refractivity contribution in [2.75, 3.05) is 17.7 Å². The third-order valence-electron chi connectivity index (χ3n) is 3.90. The fraction of sp³-hybridized carbons (Fsp3) is 0.211. The van der Waals surface area contributed by atoms with Gasteiger partial charge in [-0.15, -0.1) is 0 Å². The van der Waals surface area contributed by atoms with E-state index < -0.39 is 17.5 Å². The second kappa shape index (κ2) is 8.94. The van der Waals surface area contributed by atoms with Crippen LogP contribution in [0.4, 0.5) is 14.5 Å². The van der Waals surface area contributed by atoms with E-state index in [4.69, 9.17) is 5.11 Å². The highest BCUT2D eigenvalue weighted by atomic mass is 32.2. The Hall–Kier alpha value is -2.78. The lowest BCUT2D eigenvalue weighted by Crippen LogP contribution is -2.25. The van der Waals surface area contributed by atoms with Gasteiger partial charge in [0.2, 0.25) is 5.91 Å². The number of nitrogens with zero attached hydrogens (tertiary/aromatic N) is 2. The van der Waals surface area contributed by atoms with Crippen LogP contribution in [0.1, 0.15) is 6.42 Å². The van der Waals surface area contributed by atoms with E-state index in [-0.39, 0.29) is 30.2 Å². The van der Waals surface area contributed by atoms with E-state index >= 15 is 0 Å². The predicted molar refractivity (Wildman–Crippen MR) is 103 cm³/mol. The number of aromatic nitrogens is 2. The van der Waals surface area contributed by atoms with Crippen LogP contribution in [0.3, 0.4) is 0 Å². The molecule has 2 N–H and O–H groups in total. The molecule has 2 aromatic carbocycles. The van der Waals surface area contributed by atoms with E-state index in [9.17, 15) is 18.4 Å². The zero-order valence-corrected chi connectivity index (χ0v) is 15.5. The van der Waals surface area contributed by atoms with Crippen LogP contribution in [0.25, 0.3) is 10.9 Å². The number of nitrogens with one attached hydrogen (secondary N) is 1. The topological polar surface area (TPSA) is 84.2 Å². The molecule has 0 radical (unpaired) electrons. The molecule has 0 spiro atoms. The molecular formula is C19H17F2N3O3S. The Morgan fingerprint density at radius 2 is 2.00 bits per heavy atom. The van der Waals surface area contributed by atoms with E-state index in [1.165, 1.54) is 4.57 Å². The van der Waals surface area contributed by atoms with Gasteiger partial charge in [-0.05, 0) is 30.7 Å². The Labute approximate surface area is 163 Å². The normalized spacial score (nSPS) is 11.0. The van der Waals surface area contributed by atoms with E-state index in [2.05, 4.69) is 10.3 Å². The van der Waals surface area contributed by atoms with E-state index in [1.54, 1.807) is 24.3 Å². The van der Waals surface area contributed by atoms with Gasteiger partial charge in [-0.1, -0.05) is 23.9 Å². The van der Waals surface area contributed by atoms with Crippen molar-refractivity contribution in [2.45, 2.75) is 18.1 Å². The lowest BCUT2D eigenvalue weighted by Gasteiger charge is -2.12. The molecule has 0 atom stereocenters. The monoisotopic (exact) mass is 405 g/mol. The van der Waals surface area contributed by atoms with Crippen molar-refractivity contribution in [1.29, 1.82) is 0 Å². The summed E-state index contributed by atoms with van der Waals surface area (Å²) in [5.74, 6) is -2.13. The van der Waals surface area contributed by atoms with Crippen molar-refractivity contribution in [3.8, 4) is 0 Å². The number of carbonyl (C=O) groups excluding carboxylic acids is 1. The van der Waals surface area contributed by atoms with Crippen LogP contribution in [-0.4, -0.2) is 32.9 Å². The van der Waals surface area contributed by atoms with Gasteiger partial charge in [0.05, 0.1) is 22.3 Å². The number of hydrogen-bond acceptors (Lipinski definition) is 5. The highest BCUT2D eigenvalue weighted by Crippen LogP contribution is 2.20. The van der Waals surface area contributed by atoms with Crippen LogP contribution in [0.2, 0.25) is 0 Å². The van der Waals surface area contributed by atoms with Gasteiger partial charge in [0.25, 0.3) is 5.56 Å². The lowest BCUT2D eigenvalue weighted by atomic mass is 10.2. The molecule has 9 heteroatoms. The van der Waals surface area contributed by atoms with Gasteiger partial charge < -0.3 is 10.4 Å². The van der Waals surface area contributed by atoms with Crippen molar-refractivity contribution in [3.05, 3.63) is 64.5 Å². The van der Waals surface area contributed by atoms with E-state index in [0.29, 0.717) is 22.5 Å². The number of anilines is 1. The molecule has 0 bridgehead atoms. The molecular weight excluding hydrogens is 388 g/mol. The van der Waals surface area contributed by atoms with Crippen LogP contribution >= 0.6 is 11.8 Å². The third kappa shape index (κ3) is 4.55. The molecule has 6 nitrogen and oxygen atoms in total. The van der Waals surface area contributed by atoms with E-state index in [1.807, 2.05) is 0 Å². The summed E-state index contributed by atoms with van der Waals surface area (Å²) in [7, 11) is 0. The average molecular weight is 405 g/mol. The summed E-state index contributed by atoms with van der Waals surface area (Å²) < 4.78 is 28.3. The number of carbonyl (C=O) groups is 1. The maximum absolute atomic E-state index is 13.7. The first-order chi connectivity index (χ1) is 13.5. The number of fused-ring (bicyclic) bond motifs is 1. The van der Waals surface area contributed by atoms with Gasteiger partial charge in [-0.2, -0.15) is 0 Å². The number of thioether (sulfide) groups is 1. The summed E-state index contributed by atoms with van der Waals surface area (Å²) in [4.78, 5) is 29.3. The van der Waals surface area contributed by atoms with E-state index in [0.717, 1.165) is 30.0 Å². The molecule has 1 amide bonds. The Bertz CT molecular complexity index is 1070. The Morgan fingerprint density at radius 1 is 1.21 bits per heavy atom. The summed E-state index contributed by atoms with van der Waals surface area (Å²) in [6.07, 6.45) is 0.355. The highest BCUT2D eigenvalue weighted by molar-refractivity contribution is 7.99. The number of amides is 1. The Balaban J connectivity index is 1.81. The molecule has 0 saturated carbocycles. The van der Waals surface area contributed by atoms with Crippen LogP contribution < -0.4 is 10.9 Å². The highest BCUT2D eigenvalue weighted by Gasteiger charge is 2.14. The third-order valence-corrected chi connectivity index (χ3v) is 4.88. The number of aliphatic hydroxyl groups is 1. The first-order valence-electron chi connectivity index (χ1n) is 8.47. The zero-order valence-electron chi connectivity index (χ0n) is 14.7. The SMILES string of the molecule is O=C(CSc1nc2ccccc2c(=O)n1CCCO)Nc1cc(F)ccc1F. The van der Waals surface area contributed by atoms with Gasteiger partial charge in [0.1, 0.15) is 11.6 Å². The van der Waals surface area contributed by atoms with Crippen LogP contribution in [0.15, 0.2) is 52.4 Å². The minimum atomic E-state index is -0.747. The largest absolute Gasteiger partial charge is 0.396 e. The summed E-state index contributed by atoms with van der Waals surface area (Å²) in [5, 5.41) is 12.1. The van der Waals surface area contributed by atoms with Gasteiger partial charge in [-0.3, -0.25) is 14.2 Å². The van der Waals surface area contributed by atoms with Gasteiger partial charge in [0.15, 0.2) is 5.16 Å². The second-order valence-corrected chi connectivity index (χ2v) is 6.85. The molecule has 0 saturated heterocycles. The smallest absolute Gasteiger partial charge is 0.262 e. The summed E-state index contributed by atoms with van der Waals surface area (Å²) in [5.41, 5.74) is -0.0280. The van der Waals surface area contributed by atoms with Crippen molar-refractivity contribution >= 4 is 34.3 Å². The predicted octanol–water partition coefficient (Wildman–Crippen LogP) is 2.79. The number of halogens is 2.